The van der Waals surface area contributed by atoms with Gasteiger partial charge in [-0.2, -0.15) is 0 Å². The predicted molar refractivity (Wildman–Crippen MR) is 150 cm³/mol. The highest BCUT2D eigenvalue weighted by Crippen LogP contribution is 2.43. The van der Waals surface area contributed by atoms with Crippen LogP contribution in [-0.4, -0.2) is 54.7 Å². The number of amides is 1. The maximum absolute atomic E-state index is 13.5. The molecule has 208 valence electrons. The first-order valence-electron chi connectivity index (χ1n) is 13.6. The molecule has 0 bridgehead atoms. The number of ether oxygens (including phenoxy) is 4. The largest absolute Gasteiger partial charge is 0.507 e. The standard InChI is InChI=1S/C32H33NO7/c1-3-16-38-24-12-10-22(19-26(24)37-4-2)29-28(30(34)23-11-13-25-27(20-23)40-18-17-39-25)31(35)32(36)33(29)15-14-21-8-6-5-7-9-21/h5-13,19-20,29,34H,3-4,14-18H2,1-2H3/t29-/m1/s1. The van der Waals surface area contributed by atoms with Crippen LogP contribution in [0.2, 0.25) is 0 Å². The summed E-state index contributed by atoms with van der Waals surface area (Å²) in [5.41, 5.74) is 2.05. The normalized spacial score (nSPS) is 17.6. The number of fused-ring (bicyclic) bond motifs is 1. The minimum Gasteiger partial charge on any atom is -0.507 e. The fraction of sp³-hybridized carbons (Fsp3) is 0.312. The number of Topliss-reactive ketones (excluding diaryl/α,β-unsaturated/α-hetero) is 1. The van der Waals surface area contributed by atoms with E-state index in [1.807, 2.05) is 50.2 Å². The van der Waals surface area contributed by atoms with Gasteiger partial charge in [-0.25, -0.2) is 0 Å². The lowest BCUT2D eigenvalue weighted by Crippen LogP contribution is -2.31. The number of carbonyl (C=O) groups excluding carboxylic acids is 2. The van der Waals surface area contributed by atoms with E-state index in [2.05, 4.69) is 0 Å². The summed E-state index contributed by atoms with van der Waals surface area (Å²) in [7, 11) is 0. The summed E-state index contributed by atoms with van der Waals surface area (Å²) >= 11 is 0. The lowest BCUT2D eigenvalue weighted by molar-refractivity contribution is -0.139. The van der Waals surface area contributed by atoms with E-state index >= 15 is 0 Å². The SMILES string of the molecule is CCCOc1ccc([C@@H]2C(=C(O)c3ccc4c(c3)OCCO4)C(=O)C(=O)N2CCc2ccccc2)cc1OCC. The number of benzene rings is 3. The van der Waals surface area contributed by atoms with E-state index in [0.29, 0.717) is 67.0 Å². The maximum Gasteiger partial charge on any atom is 0.295 e. The second-order valence-corrected chi connectivity index (χ2v) is 9.57. The average molecular weight is 544 g/mol. The Morgan fingerprint density at radius 2 is 1.70 bits per heavy atom. The van der Waals surface area contributed by atoms with Crippen molar-refractivity contribution in [3.63, 3.8) is 0 Å². The summed E-state index contributed by atoms with van der Waals surface area (Å²) in [5.74, 6) is 0.459. The number of nitrogens with zero attached hydrogens (tertiary/aromatic N) is 1. The van der Waals surface area contributed by atoms with E-state index in [4.69, 9.17) is 18.9 Å². The van der Waals surface area contributed by atoms with Crippen LogP contribution in [0.15, 0.2) is 72.3 Å². The summed E-state index contributed by atoms with van der Waals surface area (Å²) in [6.07, 6.45) is 1.38. The second kappa shape index (κ2) is 12.2. The molecule has 1 amide bonds. The van der Waals surface area contributed by atoms with Crippen molar-refractivity contribution in [3.05, 3.63) is 89.0 Å². The van der Waals surface area contributed by atoms with Crippen molar-refractivity contribution in [1.29, 1.82) is 0 Å². The van der Waals surface area contributed by atoms with Crippen molar-refractivity contribution in [2.45, 2.75) is 32.7 Å². The van der Waals surface area contributed by atoms with Gasteiger partial charge in [0.25, 0.3) is 11.7 Å². The van der Waals surface area contributed by atoms with Crippen LogP contribution in [-0.2, 0) is 16.0 Å². The third kappa shape index (κ3) is 5.47. The molecular formula is C32H33NO7. The highest BCUT2D eigenvalue weighted by atomic mass is 16.6. The Kier molecular flexibility index (Phi) is 8.24. The molecule has 0 radical (unpaired) electrons. The molecule has 8 heteroatoms. The molecule has 5 rings (SSSR count). The molecule has 2 heterocycles. The highest BCUT2D eigenvalue weighted by molar-refractivity contribution is 6.46. The quantitative estimate of drug-likeness (QED) is 0.210. The Hall–Kier alpha value is -4.46. The zero-order valence-electron chi connectivity index (χ0n) is 22.7. The first kappa shape index (κ1) is 27.1. The van der Waals surface area contributed by atoms with E-state index in [9.17, 15) is 14.7 Å². The number of rotatable bonds is 10. The minimum absolute atomic E-state index is 0.0133. The second-order valence-electron chi connectivity index (χ2n) is 9.57. The lowest BCUT2D eigenvalue weighted by Gasteiger charge is -2.26. The van der Waals surface area contributed by atoms with Gasteiger partial charge < -0.3 is 29.0 Å². The summed E-state index contributed by atoms with van der Waals surface area (Å²) in [4.78, 5) is 28.5. The van der Waals surface area contributed by atoms with Gasteiger partial charge in [0, 0.05) is 12.1 Å². The summed E-state index contributed by atoms with van der Waals surface area (Å²) in [6.45, 7) is 5.95. The molecule has 0 spiro atoms. The number of carbonyl (C=O) groups is 2. The van der Waals surface area contributed by atoms with Gasteiger partial charge in [-0.15, -0.1) is 0 Å². The minimum atomic E-state index is -0.823. The number of aliphatic hydroxyl groups is 1. The van der Waals surface area contributed by atoms with E-state index in [1.165, 1.54) is 4.90 Å². The Balaban J connectivity index is 1.59. The van der Waals surface area contributed by atoms with Gasteiger partial charge in [-0.05, 0) is 61.2 Å². The van der Waals surface area contributed by atoms with Crippen molar-refractivity contribution in [2.24, 2.45) is 0 Å². The van der Waals surface area contributed by atoms with E-state index in [1.54, 1.807) is 30.3 Å². The van der Waals surface area contributed by atoms with E-state index < -0.39 is 17.7 Å². The van der Waals surface area contributed by atoms with Crippen LogP contribution in [0.1, 0.15) is 43.0 Å². The van der Waals surface area contributed by atoms with Gasteiger partial charge in [0.15, 0.2) is 23.0 Å². The monoisotopic (exact) mass is 543 g/mol. The lowest BCUT2D eigenvalue weighted by atomic mass is 9.94. The topological polar surface area (TPSA) is 94.5 Å². The maximum atomic E-state index is 13.5. The first-order valence-corrected chi connectivity index (χ1v) is 13.6. The number of hydrogen-bond donors (Lipinski definition) is 1. The van der Waals surface area contributed by atoms with E-state index in [0.717, 1.165) is 12.0 Å². The summed E-state index contributed by atoms with van der Waals surface area (Å²) < 4.78 is 23.0. The molecule has 40 heavy (non-hydrogen) atoms. The third-order valence-corrected chi connectivity index (χ3v) is 6.88. The molecule has 0 aliphatic carbocycles. The first-order chi connectivity index (χ1) is 19.5. The molecule has 0 saturated carbocycles. The number of aliphatic hydroxyl groups excluding tert-OH is 1. The van der Waals surface area contributed by atoms with Crippen molar-refractivity contribution in [1.82, 2.24) is 4.90 Å². The fourth-order valence-corrected chi connectivity index (χ4v) is 4.99. The van der Waals surface area contributed by atoms with Gasteiger partial charge in [0.05, 0.1) is 24.8 Å². The van der Waals surface area contributed by atoms with Crippen LogP contribution in [0.3, 0.4) is 0 Å². The van der Waals surface area contributed by atoms with Crippen molar-refractivity contribution in [2.75, 3.05) is 33.0 Å². The third-order valence-electron chi connectivity index (χ3n) is 6.88. The van der Waals surface area contributed by atoms with Crippen LogP contribution in [0.25, 0.3) is 5.76 Å². The molecule has 3 aromatic carbocycles. The van der Waals surface area contributed by atoms with Crippen molar-refractivity contribution in [3.8, 4) is 23.0 Å². The van der Waals surface area contributed by atoms with Crippen LogP contribution < -0.4 is 18.9 Å². The Morgan fingerprint density at radius 3 is 2.45 bits per heavy atom. The van der Waals surface area contributed by atoms with Gasteiger partial charge in [0.1, 0.15) is 19.0 Å². The molecule has 3 aromatic rings. The zero-order valence-corrected chi connectivity index (χ0v) is 22.7. The fourth-order valence-electron chi connectivity index (χ4n) is 4.99. The number of likely N-dealkylation sites (tertiary alicyclic amines) is 1. The molecule has 1 fully saturated rings. The molecule has 2 aliphatic heterocycles. The van der Waals surface area contributed by atoms with Crippen LogP contribution in [0.5, 0.6) is 23.0 Å². The molecule has 0 unspecified atom stereocenters. The van der Waals surface area contributed by atoms with Crippen LogP contribution in [0.4, 0.5) is 0 Å². The molecular weight excluding hydrogens is 510 g/mol. The van der Waals surface area contributed by atoms with Crippen molar-refractivity contribution < 1.29 is 33.6 Å². The zero-order chi connectivity index (χ0) is 28.1. The van der Waals surface area contributed by atoms with Gasteiger partial charge in [-0.3, -0.25) is 9.59 Å². The Bertz CT molecular complexity index is 1420. The molecule has 1 atom stereocenters. The van der Waals surface area contributed by atoms with Gasteiger partial charge in [-0.1, -0.05) is 43.3 Å². The van der Waals surface area contributed by atoms with Gasteiger partial charge in [0.2, 0.25) is 0 Å². The van der Waals surface area contributed by atoms with Crippen molar-refractivity contribution >= 4 is 17.4 Å². The predicted octanol–water partition coefficient (Wildman–Crippen LogP) is 5.31. The molecule has 1 saturated heterocycles. The smallest absolute Gasteiger partial charge is 0.295 e. The average Bonchev–Trinajstić information content (AvgIpc) is 3.24. The van der Waals surface area contributed by atoms with Gasteiger partial charge >= 0.3 is 0 Å². The molecule has 2 aliphatic rings. The summed E-state index contributed by atoms with van der Waals surface area (Å²) in [6, 6.07) is 19.3. The molecule has 8 nitrogen and oxygen atoms in total. The number of hydrogen-bond acceptors (Lipinski definition) is 7. The van der Waals surface area contributed by atoms with Crippen LogP contribution in [0, 0.1) is 0 Å². The van der Waals surface area contributed by atoms with Crippen LogP contribution >= 0.6 is 0 Å². The Morgan fingerprint density at radius 1 is 0.925 bits per heavy atom. The van der Waals surface area contributed by atoms with E-state index in [-0.39, 0.29) is 17.9 Å². The molecule has 0 aromatic heterocycles. The highest BCUT2D eigenvalue weighted by Gasteiger charge is 2.46. The molecule has 1 N–H and O–H groups in total. The number of ketones is 1. The summed E-state index contributed by atoms with van der Waals surface area (Å²) in [5, 5.41) is 11.5. The Labute approximate surface area is 233 Å².